The highest BCUT2D eigenvalue weighted by molar-refractivity contribution is 5.37. The van der Waals surface area contributed by atoms with E-state index in [0.29, 0.717) is 11.7 Å². The maximum atomic E-state index is 13.9. The summed E-state index contributed by atoms with van der Waals surface area (Å²) in [6.45, 7) is 3.84. The van der Waals surface area contributed by atoms with Gasteiger partial charge in [-0.05, 0) is 60.9 Å². The average molecular weight is 316 g/mol. The van der Waals surface area contributed by atoms with Gasteiger partial charge in [0.1, 0.15) is 5.75 Å². The van der Waals surface area contributed by atoms with Gasteiger partial charge < -0.3 is 4.74 Å². The fraction of sp³-hybridized carbons (Fsp3) is 0.400. The molecule has 3 heteroatoms. The zero-order chi connectivity index (χ0) is 16.4. The van der Waals surface area contributed by atoms with Crippen LogP contribution in [-0.2, 0) is 0 Å². The van der Waals surface area contributed by atoms with Gasteiger partial charge in [-0.2, -0.15) is 4.39 Å². The second-order valence-corrected chi connectivity index (χ2v) is 6.64. The van der Waals surface area contributed by atoms with Gasteiger partial charge >= 0.3 is 0 Å². The van der Waals surface area contributed by atoms with Gasteiger partial charge in [0, 0.05) is 0 Å². The molecule has 1 nitrogen and oxygen atoms in total. The second-order valence-electron chi connectivity index (χ2n) is 6.64. The van der Waals surface area contributed by atoms with Crippen molar-refractivity contribution in [1.82, 2.24) is 0 Å². The number of benzene rings is 2. The summed E-state index contributed by atoms with van der Waals surface area (Å²) < 4.78 is 32.9. The molecule has 1 fully saturated rings. The summed E-state index contributed by atoms with van der Waals surface area (Å²) in [6.07, 6.45) is 4.99. The molecule has 2 aromatic carbocycles. The van der Waals surface area contributed by atoms with E-state index in [0.717, 1.165) is 5.92 Å². The predicted molar refractivity (Wildman–Crippen MR) is 88.0 cm³/mol. The Morgan fingerprint density at radius 1 is 0.870 bits per heavy atom. The fourth-order valence-corrected chi connectivity index (χ4v) is 3.24. The molecule has 122 valence electrons. The average Bonchev–Trinajstić information content (AvgIpc) is 2.57. The molecule has 1 aliphatic rings. The lowest BCUT2D eigenvalue weighted by atomic mass is 9.79. The first-order valence-electron chi connectivity index (χ1n) is 8.27. The molecule has 0 amide bonds. The Morgan fingerprint density at radius 3 is 2.17 bits per heavy atom. The van der Waals surface area contributed by atoms with Crippen LogP contribution in [0.25, 0.3) is 0 Å². The van der Waals surface area contributed by atoms with E-state index in [1.165, 1.54) is 50.3 Å². The maximum Gasteiger partial charge on any atom is 0.201 e. The van der Waals surface area contributed by atoms with Crippen molar-refractivity contribution in [2.75, 3.05) is 0 Å². The maximum absolute atomic E-state index is 13.9. The number of rotatable bonds is 3. The molecule has 0 unspecified atom stereocenters. The molecule has 0 bridgehead atoms. The third-order valence-corrected chi connectivity index (χ3v) is 4.84. The summed E-state index contributed by atoms with van der Waals surface area (Å²) in [7, 11) is 0. The molecule has 0 aliphatic heterocycles. The lowest BCUT2D eigenvalue weighted by molar-refractivity contribution is 0.347. The SMILES string of the molecule is Cc1ccc(Oc2ccc(C3CCC(C)CC3)cc2)c(F)c1F. The lowest BCUT2D eigenvalue weighted by Gasteiger charge is -2.26. The van der Waals surface area contributed by atoms with Crippen molar-refractivity contribution in [2.24, 2.45) is 5.92 Å². The number of ether oxygens (including phenoxy) is 1. The van der Waals surface area contributed by atoms with E-state index in [1.807, 2.05) is 24.3 Å². The number of aryl methyl sites for hydroxylation is 1. The van der Waals surface area contributed by atoms with E-state index >= 15 is 0 Å². The molecule has 1 saturated carbocycles. The van der Waals surface area contributed by atoms with E-state index < -0.39 is 11.6 Å². The minimum absolute atomic E-state index is 0.0765. The molecule has 0 N–H and O–H groups in total. The Hall–Kier alpha value is -1.90. The van der Waals surface area contributed by atoms with Gasteiger partial charge in [-0.3, -0.25) is 0 Å². The highest BCUT2D eigenvalue weighted by Gasteiger charge is 2.19. The van der Waals surface area contributed by atoms with Gasteiger partial charge in [0.25, 0.3) is 0 Å². The van der Waals surface area contributed by atoms with Crippen LogP contribution in [0.15, 0.2) is 36.4 Å². The van der Waals surface area contributed by atoms with Gasteiger partial charge in [0.15, 0.2) is 11.6 Å². The van der Waals surface area contributed by atoms with Crippen LogP contribution < -0.4 is 4.74 Å². The van der Waals surface area contributed by atoms with Crippen LogP contribution in [0.2, 0.25) is 0 Å². The summed E-state index contributed by atoms with van der Waals surface area (Å²) in [5, 5.41) is 0. The Kier molecular flexibility index (Phi) is 4.65. The molecular weight excluding hydrogens is 294 g/mol. The van der Waals surface area contributed by atoms with Crippen molar-refractivity contribution in [3.8, 4) is 11.5 Å². The van der Waals surface area contributed by atoms with Crippen molar-refractivity contribution in [3.63, 3.8) is 0 Å². The van der Waals surface area contributed by atoms with Crippen LogP contribution in [0.1, 0.15) is 49.7 Å². The van der Waals surface area contributed by atoms with E-state index in [9.17, 15) is 8.78 Å². The first-order valence-corrected chi connectivity index (χ1v) is 8.27. The van der Waals surface area contributed by atoms with Crippen LogP contribution in [0.3, 0.4) is 0 Å². The molecule has 0 heterocycles. The smallest absolute Gasteiger partial charge is 0.201 e. The van der Waals surface area contributed by atoms with Crippen LogP contribution in [-0.4, -0.2) is 0 Å². The molecule has 0 atom stereocenters. The summed E-state index contributed by atoms with van der Waals surface area (Å²) in [5.41, 5.74) is 1.58. The first kappa shape index (κ1) is 16.0. The molecular formula is C20H22F2O. The third kappa shape index (κ3) is 3.54. The van der Waals surface area contributed by atoms with Crippen molar-refractivity contribution in [3.05, 3.63) is 59.2 Å². The van der Waals surface area contributed by atoms with Crippen LogP contribution in [0.4, 0.5) is 8.78 Å². The molecule has 1 aliphatic carbocycles. The third-order valence-electron chi connectivity index (χ3n) is 4.84. The van der Waals surface area contributed by atoms with Crippen LogP contribution in [0.5, 0.6) is 11.5 Å². The molecule has 3 rings (SSSR count). The van der Waals surface area contributed by atoms with E-state index in [2.05, 4.69) is 6.92 Å². The minimum Gasteiger partial charge on any atom is -0.454 e. The highest BCUT2D eigenvalue weighted by Crippen LogP contribution is 2.36. The molecule has 0 radical (unpaired) electrons. The number of hydrogen-bond acceptors (Lipinski definition) is 1. The molecule has 0 aromatic heterocycles. The Labute approximate surface area is 136 Å². The molecule has 0 spiro atoms. The second kappa shape index (κ2) is 6.69. The quantitative estimate of drug-likeness (QED) is 0.640. The van der Waals surface area contributed by atoms with E-state index in [1.54, 1.807) is 0 Å². The van der Waals surface area contributed by atoms with Gasteiger partial charge in [-0.15, -0.1) is 0 Å². The first-order chi connectivity index (χ1) is 11.0. The normalized spacial score (nSPS) is 21.2. The molecule has 0 saturated heterocycles. The Morgan fingerprint density at radius 2 is 1.52 bits per heavy atom. The minimum atomic E-state index is -0.935. The van der Waals surface area contributed by atoms with Gasteiger partial charge in [-0.1, -0.05) is 38.0 Å². The van der Waals surface area contributed by atoms with Gasteiger partial charge in [0.2, 0.25) is 5.82 Å². The van der Waals surface area contributed by atoms with Gasteiger partial charge in [-0.25, -0.2) is 4.39 Å². The van der Waals surface area contributed by atoms with E-state index in [4.69, 9.17) is 4.74 Å². The van der Waals surface area contributed by atoms with Crippen LogP contribution in [0, 0.1) is 24.5 Å². The summed E-state index contributed by atoms with van der Waals surface area (Å²) >= 11 is 0. The largest absolute Gasteiger partial charge is 0.454 e. The highest BCUT2D eigenvalue weighted by atomic mass is 19.2. The topological polar surface area (TPSA) is 9.23 Å². The number of halogens is 2. The lowest BCUT2D eigenvalue weighted by Crippen LogP contribution is -2.10. The molecule has 2 aromatic rings. The summed E-state index contributed by atoms with van der Waals surface area (Å²) in [4.78, 5) is 0. The monoisotopic (exact) mass is 316 g/mol. The van der Waals surface area contributed by atoms with Gasteiger partial charge in [0.05, 0.1) is 0 Å². The zero-order valence-corrected chi connectivity index (χ0v) is 13.6. The fourth-order valence-electron chi connectivity index (χ4n) is 3.24. The molecule has 23 heavy (non-hydrogen) atoms. The summed E-state index contributed by atoms with van der Waals surface area (Å²) in [5.74, 6) is 0.0975. The van der Waals surface area contributed by atoms with Crippen molar-refractivity contribution in [1.29, 1.82) is 0 Å². The standard InChI is InChI=1S/C20H22F2O/c1-13-3-6-15(7-4-13)16-8-10-17(11-9-16)23-18-12-5-14(2)19(21)20(18)22/h5,8-13,15H,3-4,6-7H2,1-2H3. The van der Waals surface area contributed by atoms with Crippen molar-refractivity contribution < 1.29 is 13.5 Å². The Bertz CT molecular complexity index is 671. The Balaban J connectivity index is 1.72. The van der Waals surface area contributed by atoms with Crippen molar-refractivity contribution >= 4 is 0 Å². The predicted octanol–water partition coefficient (Wildman–Crippen LogP) is 6.36. The van der Waals surface area contributed by atoms with E-state index in [-0.39, 0.29) is 11.3 Å². The zero-order valence-electron chi connectivity index (χ0n) is 13.6. The van der Waals surface area contributed by atoms with Crippen molar-refractivity contribution in [2.45, 2.75) is 45.4 Å². The van der Waals surface area contributed by atoms with Crippen LogP contribution >= 0.6 is 0 Å². The number of hydrogen-bond donors (Lipinski definition) is 0. The summed E-state index contributed by atoms with van der Waals surface area (Å²) in [6, 6.07) is 10.7.